The second kappa shape index (κ2) is 7.03. The van der Waals surface area contributed by atoms with Crippen LogP contribution in [0.4, 0.5) is 0 Å². The lowest BCUT2D eigenvalue weighted by Crippen LogP contribution is -2.66. The van der Waals surface area contributed by atoms with Crippen molar-refractivity contribution in [2.75, 3.05) is 13.2 Å². The smallest absolute Gasteiger partial charge is 0.0857 e. The van der Waals surface area contributed by atoms with Crippen molar-refractivity contribution in [1.82, 2.24) is 0 Å². The molecule has 0 aromatic rings. The minimum atomic E-state index is -1.12. The van der Waals surface area contributed by atoms with Crippen molar-refractivity contribution >= 4 is 0 Å². The van der Waals surface area contributed by atoms with Gasteiger partial charge in [-0.05, 0) is 80.5 Å². The molecule has 0 amide bonds. The van der Waals surface area contributed by atoms with Crippen LogP contribution in [0.5, 0.6) is 0 Å². The fourth-order valence-electron chi connectivity index (χ4n) is 9.20. The molecule has 5 nitrogen and oxygen atoms in total. The molecule has 0 aromatic carbocycles. The lowest BCUT2D eigenvalue weighted by Gasteiger charge is -2.65. The third kappa shape index (κ3) is 2.70. The van der Waals surface area contributed by atoms with E-state index >= 15 is 0 Å². The van der Waals surface area contributed by atoms with Crippen molar-refractivity contribution in [3.05, 3.63) is 11.6 Å². The number of hydrogen-bond donors (Lipinski definition) is 5. The average Bonchev–Trinajstić information content (AvgIpc) is 2.98. The van der Waals surface area contributed by atoms with Crippen LogP contribution in [0.3, 0.4) is 0 Å². The van der Waals surface area contributed by atoms with Gasteiger partial charge in [-0.15, -0.1) is 0 Å². The molecule has 0 saturated heterocycles. The van der Waals surface area contributed by atoms with Crippen LogP contribution in [0, 0.1) is 34.0 Å². The molecule has 0 heterocycles. The quantitative estimate of drug-likeness (QED) is 0.460. The molecule has 0 bridgehead atoms. The summed E-state index contributed by atoms with van der Waals surface area (Å²) >= 11 is 0. The first-order valence-electron chi connectivity index (χ1n) is 11.6. The largest absolute Gasteiger partial charge is 0.394 e. The highest BCUT2D eigenvalue weighted by Gasteiger charge is 2.71. The van der Waals surface area contributed by atoms with Gasteiger partial charge in [-0.3, -0.25) is 0 Å². The standard InChI is InChI=1S/C24H40O5/c1-21-10-5-4-6-15(21)7-8-16-17-9-11-24(18(27)12-25,19(28)13-26)22(17,2)14-23(3,29)20(16)21/h7,16-20,25-29H,4-6,8-14H2,1-3H3/t16-,17-,18?,19?,20+,21-,22-,23?,24?/m0/s1. The van der Waals surface area contributed by atoms with E-state index in [-0.39, 0.29) is 23.2 Å². The molecule has 166 valence electrons. The van der Waals surface area contributed by atoms with Crippen LogP contribution in [0.25, 0.3) is 0 Å². The molecule has 3 unspecified atom stereocenters. The van der Waals surface area contributed by atoms with Crippen LogP contribution in [-0.4, -0.2) is 56.6 Å². The Bertz CT molecular complexity index is 662. The fraction of sp³-hybridized carbons (Fsp3) is 0.917. The highest BCUT2D eigenvalue weighted by atomic mass is 16.3. The Balaban J connectivity index is 1.82. The zero-order valence-electron chi connectivity index (χ0n) is 18.3. The molecule has 3 fully saturated rings. The van der Waals surface area contributed by atoms with Crippen LogP contribution >= 0.6 is 0 Å². The maximum Gasteiger partial charge on any atom is 0.0857 e. The Morgan fingerprint density at radius 1 is 1.03 bits per heavy atom. The number of fused-ring (bicyclic) bond motifs is 5. The fourth-order valence-corrected chi connectivity index (χ4v) is 9.20. The zero-order valence-corrected chi connectivity index (χ0v) is 18.3. The van der Waals surface area contributed by atoms with E-state index in [1.807, 2.05) is 6.92 Å². The second-order valence-electron chi connectivity index (χ2n) is 11.3. The molecule has 8 atom stereocenters. The second-order valence-corrected chi connectivity index (χ2v) is 11.3. The van der Waals surface area contributed by atoms with Gasteiger partial charge < -0.3 is 25.5 Å². The first-order valence-corrected chi connectivity index (χ1v) is 11.6. The highest BCUT2D eigenvalue weighted by Crippen LogP contribution is 2.72. The van der Waals surface area contributed by atoms with Gasteiger partial charge in [0, 0.05) is 5.41 Å². The molecule has 0 radical (unpaired) electrons. The monoisotopic (exact) mass is 408 g/mol. The molecule has 0 aromatic heterocycles. The van der Waals surface area contributed by atoms with E-state index in [1.54, 1.807) is 0 Å². The SMILES string of the molecule is CC1(O)C[C@@]2(C)[C@@H](CCC2(C(O)CO)C(O)CO)[C@@H]2CC=C3CCCC[C@]3(C)[C@@H]21. The summed E-state index contributed by atoms with van der Waals surface area (Å²) in [5, 5.41) is 53.4. The van der Waals surface area contributed by atoms with Crippen LogP contribution in [0.15, 0.2) is 11.6 Å². The first kappa shape index (κ1) is 21.8. The van der Waals surface area contributed by atoms with Gasteiger partial charge in [0.15, 0.2) is 0 Å². The van der Waals surface area contributed by atoms with E-state index in [9.17, 15) is 25.5 Å². The van der Waals surface area contributed by atoms with Crippen molar-refractivity contribution in [2.45, 2.75) is 89.9 Å². The molecular formula is C24H40O5. The Labute approximate surface area is 174 Å². The zero-order chi connectivity index (χ0) is 21.2. The van der Waals surface area contributed by atoms with Crippen LogP contribution in [-0.2, 0) is 0 Å². The minimum Gasteiger partial charge on any atom is -0.394 e. The van der Waals surface area contributed by atoms with E-state index < -0.39 is 41.9 Å². The maximum absolute atomic E-state index is 11.9. The molecule has 4 aliphatic rings. The summed E-state index contributed by atoms with van der Waals surface area (Å²) < 4.78 is 0. The first-order chi connectivity index (χ1) is 13.6. The molecule has 3 saturated carbocycles. The molecule has 4 rings (SSSR count). The molecular weight excluding hydrogens is 368 g/mol. The number of aliphatic hydroxyl groups is 5. The van der Waals surface area contributed by atoms with Crippen molar-refractivity contribution in [1.29, 1.82) is 0 Å². The van der Waals surface area contributed by atoms with Gasteiger partial charge in [-0.2, -0.15) is 0 Å². The Kier molecular flexibility index (Phi) is 5.27. The summed E-state index contributed by atoms with van der Waals surface area (Å²) in [6, 6.07) is 0. The molecule has 5 N–H and O–H groups in total. The van der Waals surface area contributed by atoms with Crippen LogP contribution in [0.1, 0.15) is 72.1 Å². The summed E-state index contributed by atoms with van der Waals surface area (Å²) in [4.78, 5) is 0. The number of allylic oxidation sites excluding steroid dienone is 2. The Morgan fingerprint density at radius 2 is 1.69 bits per heavy atom. The van der Waals surface area contributed by atoms with Gasteiger partial charge >= 0.3 is 0 Å². The summed E-state index contributed by atoms with van der Waals surface area (Å²) in [6.07, 6.45) is 7.69. The van der Waals surface area contributed by atoms with Gasteiger partial charge in [0.25, 0.3) is 0 Å². The molecule has 4 aliphatic carbocycles. The van der Waals surface area contributed by atoms with E-state index in [2.05, 4.69) is 19.9 Å². The number of hydrogen-bond acceptors (Lipinski definition) is 5. The molecule has 29 heavy (non-hydrogen) atoms. The highest BCUT2D eigenvalue weighted by molar-refractivity contribution is 5.29. The van der Waals surface area contributed by atoms with E-state index in [0.717, 1.165) is 25.7 Å². The lowest BCUT2D eigenvalue weighted by molar-refractivity contribution is -0.231. The van der Waals surface area contributed by atoms with Crippen molar-refractivity contribution in [3.8, 4) is 0 Å². The molecule has 0 spiro atoms. The van der Waals surface area contributed by atoms with Crippen molar-refractivity contribution < 1.29 is 25.5 Å². The molecule has 0 aliphatic heterocycles. The van der Waals surface area contributed by atoms with Crippen LogP contribution < -0.4 is 0 Å². The van der Waals surface area contributed by atoms with E-state index in [1.165, 1.54) is 18.4 Å². The maximum atomic E-state index is 11.9. The predicted molar refractivity (Wildman–Crippen MR) is 111 cm³/mol. The van der Waals surface area contributed by atoms with Gasteiger partial charge in [-0.1, -0.05) is 31.9 Å². The Morgan fingerprint density at radius 3 is 2.31 bits per heavy atom. The normalized spacial score (nSPS) is 51.4. The molecule has 5 heteroatoms. The lowest BCUT2D eigenvalue weighted by atomic mass is 9.41. The van der Waals surface area contributed by atoms with Crippen molar-refractivity contribution in [3.63, 3.8) is 0 Å². The summed E-state index contributed by atoms with van der Waals surface area (Å²) in [5.74, 6) is 0.697. The van der Waals surface area contributed by atoms with Gasteiger partial charge in [-0.25, -0.2) is 0 Å². The minimum absolute atomic E-state index is 0.0163. The van der Waals surface area contributed by atoms with Gasteiger partial charge in [0.05, 0.1) is 31.0 Å². The number of aliphatic hydroxyl groups excluding tert-OH is 4. The summed E-state index contributed by atoms with van der Waals surface area (Å²) in [6.45, 7) is 5.48. The van der Waals surface area contributed by atoms with Gasteiger partial charge in [0.2, 0.25) is 0 Å². The van der Waals surface area contributed by atoms with E-state index in [0.29, 0.717) is 12.8 Å². The summed E-state index contributed by atoms with van der Waals surface area (Å²) in [5.41, 5.74) is -0.959. The summed E-state index contributed by atoms with van der Waals surface area (Å²) in [7, 11) is 0. The third-order valence-electron chi connectivity index (χ3n) is 10.1. The van der Waals surface area contributed by atoms with Gasteiger partial charge in [0.1, 0.15) is 0 Å². The topological polar surface area (TPSA) is 101 Å². The average molecular weight is 409 g/mol. The van der Waals surface area contributed by atoms with E-state index in [4.69, 9.17) is 0 Å². The number of rotatable bonds is 4. The Hall–Kier alpha value is -0.460. The third-order valence-corrected chi connectivity index (χ3v) is 10.1. The van der Waals surface area contributed by atoms with Crippen molar-refractivity contribution in [2.24, 2.45) is 34.0 Å². The predicted octanol–water partition coefficient (Wildman–Crippen LogP) is 2.39. The van der Waals surface area contributed by atoms with Crippen LogP contribution in [0.2, 0.25) is 0 Å².